The van der Waals surface area contributed by atoms with E-state index in [-0.39, 0.29) is 6.10 Å². The monoisotopic (exact) mass is 298 g/mol. The zero-order valence-electron chi connectivity index (χ0n) is 12.0. The molecule has 0 spiro atoms. The smallest absolute Gasteiger partial charge is 0.243 e. The van der Waals surface area contributed by atoms with Gasteiger partial charge >= 0.3 is 0 Å². The Morgan fingerprint density at radius 3 is 2.85 bits per heavy atom. The van der Waals surface area contributed by atoms with Gasteiger partial charge < -0.3 is 10.5 Å². The van der Waals surface area contributed by atoms with E-state index in [4.69, 9.17) is 10.5 Å². The minimum Gasteiger partial charge on any atom is -0.399 e. The van der Waals surface area contributed by atoms with Gasteiger partial charge in [0.25, 0.3) is 0 Å². The summed E-state index contributed by atoms with van der Waals surface area (Å²) in [6, 6.07) is 4.91. The predicted octanol–water partition coefficient (Wildman–Crippen LogP) is 1.77. The van der Waals surface area contributed by atoms with Crippen LogP contribution in [-0.4, -0.2) is 38.5 Å². The van der Waals surface area contributed by atoms with Gasteiger partial charge in [0, 0.05) is 25.4 Å². The summed E-state index contributed by atoms with van der Waals surface area (Å²) in [6.45, 7) is 5.29. The number of benzene rings is 1. The summed E-state index contributed by atoms with van der Waals surface area (Å²) in [4.78, 5) is 0.337. The first-order valence-electron chi connectivity index (χ1n) is 6.93. The van der Waals surface area contributed by atoms with Gasteiger partial charge in [-0.1, -0.05) is 0 Å². The Hall–Kier alpha value is -1.11. The van der Waals surface area contributed by atoms with Crippen molar-refractivity contribution in [2.75, 3.05) is 25.4 Å². The van der Waals surface area contributed by atoms with E-state index in [1.165, 1.54) is 4.31 Å². The van der Waals surface area contributed by atoms with Crippen molar-refractivity contribution in [2.24, 2.45) is 0 Å². The van der Waals surface area contributed by atoms with Crippen LogP contribution in [0.15, 0.2) is 23.1 Å². The van der Waals surface area contributed by atoms with E-state index >= 15 is 0 Å². The Morgan fingerprint density at radius 2 is 2.20 bits per heavy atom. The molecule has 2 rings (SSSR count). The summed E-state index contributed by atoms with van der Waals surface area (Å²) in [5, 5.41) is 0. The quantitative estimate of drug-likeness (QED) is 0.860. The minimum atomic E-state index is -3.46. The molecule has 0 aliphatic carbocycles. The molecule has 6 heteroatoms. The minimum absolute atomic E-state index is 0.00221. The largest absolute Gasteiger partial charge is 0.399 e. The Bertz CT molecular complexity index is 570. The topological polar surface area (TPSA) is 72.6 Å². The van der Waals surface area contributed by atoms with Crippen LogP contribution in [0.1, 0.15) is 25.3 Å². The Kier molecular flexibility index (Phi) is 4.67. The van der Waals surface area contributed by atoms with Crippen LogP contribution >= 0.6 is 0 Å². The molecule has 1 fully saturated rings. The lowest BCUT2D eigenvalue weighted by molar-refractivity contribution is 0.0265. The highest BCUT2D eigenvalue weighted by molar-refractivity contribution is 7.89. The van der Waals surface area contributed by atoms with E-state index < -0.39 is 10.0 Å². The number of ether oxygens (including phenoxy) is 1. The van der Waals surface area contributed by atoms with E-state index in [1.54, 1.807) is 25.1 Å². The third-order valence-corrected chi connectivity index (χ3v) is 5.59. The molecule has 0 bridgehead atoms. The van der Waals surface area contributed by atoms with Crippen molar-refractivity contribution in [2.45, 2.75) is 37.7 Å². The van der Waals surface area contributed by atoms with E-state index in [9.17, 15) is 8.42 Å². The van der Waals surface area contributed by atoms with Gasteiger partial charge in [-0.05, 0) is 50.5 Å². The van der Waals surface area contributed by atoms with E-state index in [0.717, 1.165) is 12.8 Å². The van der Waals surface area contributed by atoms with Crippen molar-refractivity contribution >= 4 is 15.7 Å². The number of hydrogen-bond acceptors (Lipinski definition) is 4. The molecule has 2 N–H and O–H groups in total. The van der Waals surface area contributed by atoms with Crippen molar-refractivity contribution in [1.82, 2.24) is 4.31 Å². The normalized spacial score (nSPS) is 21.0. The van der Waals surface area contributed by atoms with Gasteiger partial charge in [-0.3, -0.25) is 0 Å². The van der Waals surface area contributed by atoms with Crippen LogP contribution in [-0.2, 0) is 14.8 Å². The highest BCUT2D eigenvalue weighted by Gasteiger charge is 2.31. The summed E-state index contributed by atoms with van der Waals surface area (Å²) in [6.07, 6.45) is 1.75. The van der Waals surface area contributed by atoms with Crippen LogP contribution < -0.4 is 5.73 Å². The van der Waals surface area contributed by atoms with Crippen LogP contribution in [0.5, 0.6) is 0 Å². The molecule has 1 atom stereocenters. The first-order valence-corrected chi connectivity index (χ1v) is 8.37. The number of nitrogens with two attached hydrogens (primary N) is 1. The van der Waals surface area contributed by atoms with Crippen LogP contribution in [0.3, 0.4) is 0 Å². The number of sulfonamides is 1. The number of aryl methyl sites for hydroxylation is 1. The Balaban J connectivity index is 2.25. The van der Waals surface area contributed by atoms with E-state index in [0.29, 0.717) is 35.8 Å². The zero-order chi connectivity index (χ0) is 14.8. The van der Waals surface area contributed by atoms with Gasteiger partial charge in [0.2, 0.25) is 10.0 Å². The van der Waals surface area contributed by atoms with Crippen LogP contribution in [0, 0.1) is 6.92 Å². The van der Waals surface area contributed by atoms with Crippen molar-refractivity contribution in [1.29, 1.82) is 0 Å². The van der Waals surface area contributed by atoms with Crippen molar-refractivity contribution in [3.63, 3.8) is 0 Å². The van der Waals surface area contributed by atoms with Gasteiger partial charge in [-0.2, -0.15) is 4.31 Å². The molecule has 5 nitrogen and oxygen atoms in total. The van der Waals surface area contributed by atoms with Gasteiger partial charge in [0.15, 0.2) is 0 Å². The second-order valence-electron chi connectivity index (χ2n) is 5.11. The molecule has 112 valence electrons. The summed E-state index contributed by atoms with van der Waals surface area (Å²) in [5.41, 5.74) is 6.94. The standard InChI is InChI=1S/C14H22N2O3S/c1-3-19-13-5-4-8-16(10-13)20(17,18)14-7-6-12(15)9-11(14)2/h6-7,9,13H,3-5,8,10,15H2,1-2H3. The second kappa shape index (κ2) is 6.11. The molecule has 1 heterocycles. The number of anilines is 1. The van der Waals surface area contributed by atoms with Gasteiger partial charge in [0.1, 0.15) is 0 Å². The molecule has 1 aromatic carbocycles. The second-order valence-corrected chi connectivity index (χ2v) is 7.01. The number of nitrogens with zero attached hydrogens (tertiary/aromatic N) is 1. The number of hydrogen-bond donors (Lipinski definition) is 1. The molecular formula is C14H22N2O3S. The summed E-state index contributed by atoms with van der Waals surface area (Å²) < 4.78 is 32.5. The summed E-state index contributed by atoms with van der Waals surface area (Å²) >= 11 is 0. The van der Waals surface area contributed by atoms with Crippen LogP contribution in [0.25, 0.3) is 0 Å². The maximum absolute atomic E-state index is 12.7. The maximum Gasteiger partial charge on any atom is 0.243 e. The van der Waals surface area contributed by atoms with E-state index in [1.807, 2.05) is 6.92 Å². The number of piperidine rings is 1. The lowest BCUT2D eigenvalue weighted by atomic mass is 10.1. The molecule has 0 saturated carbocycles. The summed E-state index contributed by atoms with van der Waals surface area (Å²) in [5.74, 6) is 0. The highest BCUT2D eigenvalue weighted by Crippen LogP contribution is 2.25. The Labute approximate surface area is 120 Å². The highest BCUT2D eigenvalue weighted by atomic mass is 32.2. The van der Waals surface area contributed by atoms with Crippen LogP contribution in [0.2, 0.25) is 0 Å². The van der Waals surface area contributed by atoms with Gasteiger partial charge in [-0.15, -0.1) is 0 Å². The first kappa shape index (κ1) is 15.3. The fraction of sp³-hybridized carbons (Fsp3) is 0.571. The third kappa shape index (κ3) is 3.13. The zero-order valence-corrected chi connectivity index (χ0v) is 12.8. The van der Waals surface area contributed by atoms with Crippen LogP contribution in [0.4, 0.5) is 5.69 Å². The third-order valence-electron chi connectivity index (χ3n) is 3.56. The molecule has 1 aliphatic heterocycles. The number of rotatable bonds is 4. The SMILES string of the molecule is CCOC1CCCN(S(=O)(=O)c2ccc(N)cc2C)C1. The number of nitrogen functional groups attached to an aromatic ring is 1. The van der Waals surface area contributed by atoms with Crippen molar-refractivity contribution < 1.29 is 13.2 Å². The molecule has 1 unspecified atom stereocenters. The fourth-order valence-corrected chi connectivity index (χ4v) is 4.31. The molecule has 0 aromatic heterocycles. The molecule has 0 radical (unpaired) electrons. The molecule has 0 amide bonds. The van der Waals surface area contributed by atoms with Crippen molar-refractivity contribution in [3.05, 3.63) is 23.8 Å². The molecule has 1 aromatic rings. The molecule has 1 aliphatic rings. The molecular weight excluding hydrogens is 276 g/mol. The summed E-state index contributed by atoms with van der Waals surface area (Å²) in [7, 11) is -3.46. The first-order chi connectivity index (χ1) is 9.45. The van der Waals surface area contributed by atoms with Gasteiger partial charge in [0.05, 0.1) is 11.0 Å². The molecule has 20 heavy (non-hydrogen) atoms. The van der Waals surface area contributed by atoms with Gasteiger partial charge in [-0.25, -0.2) is 8.42 Å². The lowest BCUT2D eigenvalue weighted by Crippen LogP contribution is -2.43. The maximum atomic E-state index is 12.7. The average molecular weight is 298 g/mol. The predicted molar refractivity (Wildman–Crippen MR) is 79.0 cm³/mol. The fourth-order valence-electron chi connectivity index (χ4n) is 2.60. The van der Waals surface area contributed by atoms with Crippen molar-refractivity contribution in [3.8, 4) is 0 Å². The molecule has 1 saturated heterocycles. The lowest BCUT2D eigenvalue weighted by Gasteiger charge is -2.32. The Morgan fingerprint density at radius 1 is 1.45 bits per heavy atom. The van der Waals surface area contributed by atoms with E-state index in [2.05, 4.69) is 0 Å². The average Bonchev–Trinajstić information content (AvgIpc) is 2.39.